The van der Waals surface area contributed by atoms with Crippen LogP contribution in [0.4, 0.5) is 0 Å². The zero-order chi connectivity index (χ0) is 13.7. The highest BCUT2D eigenvalue weighted by Gasteiger charge is 2.21. The molecule has 0 aromatic heterocycles. The number of nitrogens with one attached hydrogen (secondary N) is 2. The average Bonchev–Trinajstić information content (AvgIpc) is 2.67. The molecule has 0 spiro atoms. The molecular formula is C15H22N2O2. The minimum Gasteiger partial charge on any atom is -0.508 e. The molecule has 1 fully saturated rings. The normalized spacial score (nSPS) is 21.4. The second kappa shape index (κ2) is 6.57. The van der Waals surface area contributed by atoms with E-state index in [-0.39, 0.29) is 23.7 Å². The minimum atomic E-state index is -0.0929. The Labute approximate surface area is 114 Å². The molecule has 2 unspecified atom stereocenters. The highest BCUT2D eigenvalue weighted by Crippen LogP contribution is 2.18. The van der Waals surface area contributed by atoms with Crippen LogP contribution in [0.3, 0.4) is 0 Å². The van der Waals surface area contributed by atoms with Crippen LogP contribution in [-0.2, 0) is 4.79 Å². The van der Waals surface area contributed by atoms with E-state index in [0.29, 0.717) is 0 Å². The summed E-state index contributed by atoms with van der Waals surface area (Å²) in [5, 5.41) is 15.8. The zero-order valence-electron chi connectivity index (χ0n) is 11.4. The number of carbonyl (C=O) groups excluding carboxylic acids is 1. The first-order valence-corrected chi connectivity index (χ1v) is 6.99. The Morgan fingerprint density at radius 2 is 2.26 bits per heavy atom. The van der Waals surface area contributed by atoms with Crippen LogP contribution in [-0.4, -0.2) is 23.6 Å². The molecule has 4 nitrogen and oxygen atoms in total. The number of rotatable bonds is 3. The highest BCUT2D eigenvalue weighted by atomic mass is 16.3. The fourth-order valence-corrected chi connectivity index (χ4v) is 2.44. The van der Waals surface area contributed by atoms with Crippen LogP contribution in [0.15, 0.2) is 24.3 Å². The van der Waals surface area contributed by atoms with Crippen LogP contribution in [0.1, 0.15) is 44.2 Å². The number of phenolic OH excluding ortho intramolecular Hbond substituents is 1. The third kappa shape index (κ3) is 3.96. The van der Waals surface area contributed by atoms with Crippen molar-refractivity contribution in [2.45, 2.75) is 44.7 Å². The first-order chi connectivity index (χ1) is 9.16. The van der Waals surface area contributed by atoms with Gasteiger partial charge in [-0.05, 0) is 44.0 Å². The lowest BCUT2D eigenvalue weighted by molar-refractivity contribution is -0.123. The molecule has 19 heavy (non-hydrogen) atoms. The number of phenols is 1. The third-order valence-corrected chi connectivity index (χ3v) is 3.61. The maximum atomic E-state index is 12.2. The molecule has 0 aliphatic carbocycles. The van der Waals surface area contributed by atoms with Gasteiger partial charge in [0.1, 0.15) is 5.75 Å². The Hall–Kier alpha value is -1.55. The molecule has 1 amide bonds. The van der Waals surface area contributed by atoms with Crippen LogP contribution in [0.25, 0.3) is 0 Å². The van der Waals surface area contributed by atoms with E-state index in [1.807, 2.05) is 13.0 Å². The maximum Gasteiger partial charge on any atom is 0.237 e. The maximum absolute atomic E-state index is 12.2. The van der Waals surface area contributed by atoms with Gasteiger partial charge in [-0.2, -0.15) is 0 Å². The fourth-order valence-electron chi connectivity index (χ4n) is 2.44. The van der Waals surface area contributed by atoms with Gasteiger partial charge in [0, 0.05) is 0 Å². The fraction of sp³-hybridized carbons (Fsp3) is 0.533. The summed E-state index contributed by atoms with van der Waals surface area (Å²) in [6.07, 6.45) is 4.34. The van der Waals surface area contributed by atoms with Gasteiger partial charge in [-0.1, -0.05) is 25.0 Å². The van der Waals surface area contributed by atoms with Crippen molar-refractivity contribution >= 4 is 5.91 Å². The number of aromatic hydroxyl groups is 1. The smallest absolute Gasteiger partial charge is 0.237 e. The van der Waals surface area contributed by atoms with Gasteiger partial charge in [-0.3, -0.25) is 4.79 Å². The molecule has 1 aliphatic rings. The van der Waals surface area contributed by atoms with E-state index in [4.69, 9.17) is 0 Å². The molecule has 1 heterocycles. The van der Waals surface area contributed by atoms with E-state index in [9.17, 15) is 9.90 Å². The van der Waals surface area contributed by atoms with Crippen LogP contribution >= 0.6 is 0 Å². The first kappa shape index (κ1) is 13.9. The van der Waals surface area contributed by atoms with E-state index in [0.717, 1.165) is 31.4 Å². The van der Waals surface area contributed by atoms with E-state index in [1.54, 1.807) is 18.2 Å². The number of amides is 1. The summed E-state index contributed by atoms with van der Waals surface area (Å²) in [4.78, 5) is 12.2. The predicted octanol–water partition coefficient (Wildman–Crippen LogP) is 2.10. The Balaban J connectivity index is 1.94. The van der Waals surface area contributed by atoms with Crippen LogP contribution in [0, 0.1) is 0 Å². The number of hydrogen-bond donors (Lipinski definition) is 3. The molecule has 0 radical (unpaired) electrons. The molecule has 0 bridgehead atoms. The molecular weight excluding hydrogens is 240 g/mol. The van der Waals surface area contributed by atoms with Crippen molar-refractivity contribution in [1.29, 1.82) is 0 Å². The molecule has 0 saturated carbocycles. The van der Waals surface area contributed by atoms with Crippen molar-refractivity contribution in [3.8, 4) is 5.75 Å². The third-order valence-electron chi connectivity index (χ3n) is 3.61. The van der Waals surface area contributed by atoms with Crippen molar-refractivity contribution in [1.82, 2.24) is 10.6 Å². The summed E-state index contributed by atoms with van der Waals surface area (Å²) in [6, 6.07) is 6.84. The van der Waals surface area contributed by atoms with Gasteiger partial charge < -0.3 is 15.7 Å². The molecule has 104 valence electrons. The second-order valence-corrected chi connectivity index (χ2v) is 5.18. The Morgan fingerprint density at radius 3 is 3.05 bits per heavy atom. The summed E-state index contributed by atoms with van der Waals surface area (Å²) < 4.78 is 0. The lowest BCUT2D eigenvalue weighted by Gasteiger charge is -2.20. The Bertz CT molecular complexity index is 426. The van der Waals surface area contributed by atoms with Crippen molar-refractivity contribution in [2.75, 3.05) is 6.54 Å². The highest BCUT2D eigenvalue weighted by molar-refractivity contribution is 5.82. The van der Waals surface area contributed by atoms with Crippen LogP contribution in [0.2, 0.25) is 0 Å². The molecule has 1 saturated heterocycles. The lowest BCUT2D eigenvalue weighted by atomic mass is 10.1. The molecule has 4 heteroatoms. The SMILES string of the molecule is CC(NC(=O)C1CCCCCN1)c1cccc(O)c1. The Kier molecular flexibility index (Phi) is 4.80. The van der Waals surface area contributed by atoms with Gasteiger partial charge >= 0.3 is 0 Å². The largest absolute Gasteiger partial charge is 0.508 e. The van der Waals surface area contributed by atoms with E-state index >= 15 is 0 Å². The minimum absolute atomic E-state index is 0.0535. The summed E-state index contributed by atoms with van der Waals surface area (Å²) in [7, 11) is 0. The number of carbonyl (C=O) groups is 1. The molecule has 1 aromatic carbocycles. The molecule has 1 aromatic rings. The van der Waals surface area contributed by atoms with E-state index in [2.05, 4.69) is 10.6 Å². The molecule has 2 atom stereocenters. The summed E-state index contributed by atoms with van der Waals surface area (Å²) in [5.74, 6) is 0.281. The predicted molar refractivity (Wildman–Crippen MR) is 74.9 cm³/mol. The molecule has 3 N–H and O–H groups in total. The quantitative estimate of drug-likeness (QED) is 0.781. The van der Waals surface area contributed by atoms with Crippen LogP contribution in [0.5, 0.6) is 5.75 Å². The zero-order valence-corrected chi connectivity index (χ0v) is 11.4. The van der Waals surface area contributed by atoms with Gasteiger partial charge in [-0.15, -0.1) is 0 Å². The molecule has 1 aliphatic heterocycles. The van der Waals surface area contributed by atoms with Crippen molar-refractivity contribution in [3.05, 3.63) is 29.8 Å². The van der Waals surface area contributed by atoms with E-state index in [1.165, 1.54) is 6.42 Å². The molecule has 2 rings (SSSR count). The topological polar surface area (TPSA) is 61.4 Å². The van der Waals surface area contributed by atoms with Gasteiger partial charge in [0.05, 0.1) is 12.1 Å². The second-order valence-electron chi connectivity index (χ2n) is 5.18. The summed E-state index contributed by atoms with van der Waals surface area (Å²) in [5.41, 5.74) is 0.918. The number of hydrogen-bond acceptors (Lipinski definition) is 3. The summed E-state index contributed by atoms with van der Waals surface area (Å²) >= 11 is 0. The standard InChI is InChI=1S/C15H22N2O2/c1-11(12-6-5-7-13(18)10-12)17-15(19)14-8-3-2-4-9-16-14/h5-7,10-11,14,16,18H,2-4,8-9H2,1H3,(H,17,19). The van der Waals surface area contributed by atoms with Crippen molar-refractivity contribution in [2.24, 2.45) is 0 Å². The number of benzene rings is 1. The first-order valence-electron chi connectivity index (χ1n) is 6.99. The summed E-state index contributed by atoms with van der Waals surface area (Å²) in [6.45, 7) is 2.85. The van der Waals surface area contributed by atoms with Crippen molar-refractivity contribution in [3.63, 3.8) is 0 Å². The van der Waals surface area contributed by atoms with Gasteiger partial charge in [-0.25, -0.2) is 0 Å². The van der Waals surface area contributed by atoms with Gasteiger partial charge in [0.25, 0.3) is 0 Å². The Morgan fingerprint density at radius 1 is 1.42 bits per heavy atom. The van der Waals surface area contributed by atoms with Crippen LogP contribution < -0.4 is 10.6 Å². The lowest BCUT2D eigenvalue weighted by Crippen LogP contribution is -2.44. The average molecular weight is 262 g/mol. The van der Waals surface area contributed by atoms with Gasteiger partial charge in [0.15, 0.2) is 0 Å². The van der Waals surface area contributed by atoms with E-state index < -0.39 is 0 Å². The van der Waals surface area contributed by atoms with Gasteiger partial charge in [0.2, 0.25) is 5.91 Å². The van der Waals surface area contributed by atoms with Crippen molar-refractivity contribution < 1.29 is 9.90 Å². The monoisotopic (exact) mass is 262 g/mol.